The minimum atomic E-state index is -0.618. The molecule has 0 radical (unpaired) electrons. The van der Waals surface area contributed by atoms with E-state index in [9.17, 15) is 19.5 Å². The molecule has 11 nitrogen and oxygen atoms in total. The predicted molar refractivity (Wildman–Crippen MR) is 218 cm³/mol. The van der Waals surface area contributed by atoms with Crippen molar-refractivity contribution in [3.8, 4) is 23.0 Å². The number of carbonyl (C=O) groups is 3. The standard InChI is InChI=1S/C47H50N4O7/c1-56-40-22-32(7-9-34(40)44-35-10-8-33(52)23-41(35)57-27-37(44)30-5-3-2-4-6-30)50-17-13-29(14-18-50)25-49-19-15-47(16-20-49)28-58-42-24-36-31(21-38(42)47)26-51(46(36)55)39-11-12-43(53)48-45(39)54/h2-10,21-24,29,37,39,44,52H,11-20,25-28H2,1H3,(H,48,53,54)/t37-,39?,44-/m0/s1. The van der Waals surface area contributed by atoms with Gasteiger partial charge in [0.1, 0.15) is 29.0 Å². The molecule has 0 aliphatic carbocycles. The van der Waals surface area contributed by atoms with Gasteiger partial charge in [-0.3, -0.25) is 19.7 Å². The van der Waals surface area contributed by atoms with Gasteiger partial charge in [0.25, 0.3) is 5.91 Å². The Morgan fingerprint density at radius 2 is 1.66 bits per heavy atom. The summed E-state index contributed by atoms with van der Waals surface area (Å²) < 4.78 is 18.6. The first-order valence-corrected chi connectivity index (χ1v) is 20.9. The van der Waals surface area contributed by atoms with Crippen LogP contribution in [0.2, 0.25) is 0 Å². The van der Waals surface area contributed by atoms with Gasteiger partial charge in [0.15, 0.2) is 0 Å². The third-order valence-corrected chi connectivity index (χ3v) is 13.9. The van der Waals surface area contributed by atoms with Crippen LogP contribution in [0.5, 0.6) is 23.0 Å². The van der Waals surface area contributed by atoms with E-state index in [4.69, 9.17) is 14.2 Å². The van der Waals surface area contributed by atoms with Crippen LogP contribution in [0.25, 0.3) is 0 Å². The summed E-state index contributed by atoms with van der Waals surface area (Å²) in [6, 6.07) is 26.1. The lowest BCUT2D eigenvalue weighted by molar-refractivity contribution is -0.136. The summed E-state index contributed by atoms with van der Waals surface area (Å²) in [5.41, 5.74) is 7.28. The highest BCUT2D eigenvalue weighted by Gasteiger charge is 2.46. The Balaban J connectivity index is 0.775. The zero-order chi connectivity index (χ0) is 39.5. The number of benzene rings is 4. The second-order valence-corrected chi connectivity index (χ2v) is 17.2. The van der Waals surface area contributed by atoms with E-state index in [1.165, 1.54) is 16.8 Å². The van der Waals surface area contributed by atoms with Crippen LogP contribution >= 0.6 is 0 Å². The molecule has 6 heterocycles. The molecule has 10 rings (SSSR count). The number of phenols is 1. The van der Waals surface area contributed by atoms with Gasteiger partial charge in [-0.2, -0.15) is 0 Å². The van der Waals surface area contributed by atoms with E-state index in [1.54, 1.807) is 24.1 Å². The van der Waals surface area contributed by atoms with Gasteiger partial charge < -0.3 is 34.0 Å². The Morgan fingerprint density at radius 3 is 2.43 bits per heavy atom. The number of ether oxygens (including phenoxy) is 3. The summed E-state index contributed by atoms with van der Waals surface area (Å²) in [7, 11) is 1.76. The molecule has 58 heavy (non-hydrogen) atoms. The van der Waals surface area contributed by atoms with Gasteiger partial charge in [-0.15, -0.1) is 0 Å². The number of imide groups is 1. The average Bonchev–Trinajstić information content (AvgIpc) is 3.76. The maximum Gasteiger partial charge on any atom is 0.255 e. The van der Waals surface area contributed by atoms with Gasteiger partial charge in [-0.1, -0.05) is 42.5 Å². The summed E-state index contributed by atoms with van der Waals surface area (Å²) in [5, 5.41) is 12.6. The van der Waals surface area contributed by atoms with Crippen LogP contribution in [0, 0.1) is 5.92 Å². The first-order chi connectivity index (χ1) is 28.3. The first-order valence-electron chi connectivity index (χ1n) is 20.9. The van der Waals surface area contributed by atoms with Gasteiger partial charge in [0.2, 0.25) is 11.8 Å². The molecule has 3 fully saturated rings. The molecule has 0 bridgehead atoms. The number of rotatable bonds is 7. The number of likely N-dealkylation sites (tertiary alicyclic amines) is 1. The van der Waals surface area contributed by atoms with E-state index in [2.05, 4.69) is 63.6 Å². The Hall–Kier alpha value is -5.55. The molecule has 3 saturated heterocycles. The van der Waals surface area contributed by atoms with Gasteiger partial charge in [0.05, 0.1) is 20.3 Å². The number of methoxy groups -OCH3 is 1. The van der Waals surface area contributed by atoms with Crippen LogP contribution in [0.4, 0.5) is 5.69 Å². The number of phenolic OH excluding ortho intramolecular Hbond substituents is 1. The minimum absolute atomic E-state index is 0.00908. The molecule has 1 unspecified atom stereocenters. The maximum atomic E-state index is 13.4. The molecule has 4 aromatic carbocycles. The van der Waals surface area contributed by atoms with Crippen LogP contribution in [0.3, 0.4) is 0 Å². The van der Waals surface area contributed by atoms with Gasteiger partial charge in [-0.25, -0.2) is 0 Å². The fourth-order valence-electron chi connectivity index (χ4n) is 10.7. The van der Waals surface area contributed by atoms with Crippen molar-refractivity contribution in [1.82, 2.24) is 15.1 Å². The van der Waals surface area contributed by atoms with Gasteiger partial charge in [0, 0.05) is 89.9 Å². The number of nitrogens with one attached hydrogen (secondary N) is 1. The lowest BCUT2D eigenvalue weighted by Crippen LogP contribution is -2.52. The molecule has 2 N–H and O–H groups in total. The van der Waals surface area contributed by atoms with E-state index >= 15 is 0 Å². The smallest absolute Gasteiger partial charge is 0.255 e. The molecule has 3 amide bonds. The molecule has 300 valence electrons. The monoisotopic (exact) mass is 782 g/mol. The number of piperidine rings is 3. The zero-order valence-electron chi connectivity index (χ0n) is 33.0. The van der Waals surface area contributed by atoms with E-state index in [-0.39, 0.29) is 47.1 Å². The largest absolute Gasteiger partial charge is 0.508 e. The van der Waals surface area contributed by atoms with Crippen molar-refractivity contribution in [2.24, 2.45) is 5.92 Å². The summed E-state index contributed by atoms with van der Waals surface area (Å²) in [5.74, 6) is 2.51. The number of aromatic hydroxyl groups is 1. The fraction of sp³-hybridized carbons (Fsp3) is 0.426. The Labute approximate surface area is 338 Å². The van der Waals surface area contributed by atoms with Crippen molar-refractivity contribution >= 4 is 23.4 Å². The van der Waals surface area contributed by atoms with Crippen molar-refractivity contribution in [2.75, 3.05) is 57.9 Å². The SMILES string of the molecule is COc1cc(N2CCC(CN3CCC4(CC3)COc3cc5c(cc34)CN(C3CCC(=O)NC3=O)C5=O)CC2)ccc1[C@H]1c2ccc(O)cc2OC[C@H]1c1ccccc1. The molecule has 11 heteroatoms. The van der Waals surface area contributed by atoms with Crippen molar-refractivity contribution in [3.05, 3.63) is 112 Å². The number of hydrogen-bond acceptors (Lipinski definition) is 9. The third kappa shape index (κ3) is 6.44. The van der Waals surface area contributed by atoms with Gasteiger partial charge in [-0.05, 0) is 86.5 Å². The van der Waals surface area contributed by atoms with Gasteiger partial charge >= 0.3 is 0 Å². The third-order valence-electron chi connectivity index (χ3n) is 13.9. The summed E-state index contributed by atoms with van der Waals surface area (Å²) in [4.78, 5) is 44.5. The minimum Gasteiger partial charge on any atom is -0.508 e. The fourth-order valence-corrected chi connectivity index (χ4v) is 10.7. The molecular weight excluding hydrogens is 733 g/mol. The van der Waals surface area contributed by atoms with Crippen LogP contribution in [0.1, 0.15) is 88.5 Å². The molecular formula is C47H50N4O7. The normalized spacial score (nSPS) is 24.2. The van der Waals surface area contributed by atoms with Crippen molar-refractivity contribution in [3.63, 3.8) is 0 Å². The number of carbonyl (C=O) groups excluding carboxylic acids is 3. The summed E-state index contributed by atoms with van der Waals surface area (Å²) >= 11 is 0. The lowest BCUT2D eigenvalue weighted by atomic mass is 9.73. The van der Waals surface area contributed by atoms with Crippen molar-refractivity contribution in [1.29, 1.82) is 0 Å². The van der Waals surface area contributed by atoms with Crippen LogP contribution in [-0.4, -0.2) is 91.7 Å². The average molecular weight is 783 g/mol. The molecule has 3 atom stereocenters. The molecule has 0 saturated carbocycles. The number of amides is 3. The number of hydrogen-bond donors (Lipinski definition) is 2. The Morgan fingerprint density at radius 1 is 0.862 bits per heavy atom. The highest BCUT2D eigenvalue weighted by atomic mass is 16.5. The maximum absolute atomic E-state index is 13.4. The quantitative estimate of drug-likeness (QED) is 0.214. The van der Waals surface area contributed by atoms with Crippen LogP contribution in [0.15, 0.2) is 78.9 Å². The van der Waals surface area contributed by atoms with Crippen LogP contribution < -0.4 is 24.4 Å². The molecule has 6 aliphatic rings. The van der Waals surface area contributed by atoms with E-state index in [0.29, 0.717) is 37.7 Å². The van der Waals surface area contributed by atoms with E-state index in [1.807, 2.05) is 18.2 Å². The summed E-state index contributed by atoms with van der Waals surface area (Å²) in [6.45, 7) is 6.66. The zero-order valence-corrected chi connectivity index (χ0v) is 33.0. The Kier molecular flexibility index (Phi) is 9.31. The Bertz CT molecular complexity index is 2260. The molecule has 4 aromatic rings. The van der Waals surface area contributed by atoms with E-state index < -0.39 is 6.04 Å². The van der Waals surface area contributed by atoms with Crippen molar-refractivity contribution in [2.45, 2.75) is 68.4 Å². The van der Waals surface area contributed by atoms with Crippen molar-refractivity contribution < 1.29 is 33.7 Å². The lowest BCUT2D eigenvalue weighted by Gasteiger charge is -2.41. The predicted octanol–water partition coefficient (Wildman–Crippen LogP) is 6.11. The number of fused-ring (bicyclic) bond motifs is 4. The highest BCUT2D eigenvalue weighted by Crippen LogP contribution is 2.51. The number of anilines is 1. The second kappa shape index (κ2) is 14.7. The topological polar surface area (TPSA) is 121 Å². The second-order valence-electron chi connectivity index (χ2n) is 17.2. The molecule has 1 spiro atoms. The summed E-state index contributed by atoms with van der Waals surface area (Å²) in [6.07, 6.45) is 4.90. The first kappa shape index (κ1) is 36.8. The highest BCUT2D eigenvalue weighted by molar-refractivity contribution is 6.05. The molecule has 0 aromatic heterocycles. The van der Waals surface area contributed by atoms with Crippen LogP contribution in [-0.2, 0) is 21.5 Å². The van der Waals surface area contributed by atoms with E-state index in [0.717, 1.165) is 92.3 Å². The number of nitrogens with zero attached hydrogens (tertiary/aromatic N) is 3. The molecule has 6 aliphatic heterocycles.